The van der Waals surface area contributed by atoms with E-state index < -0.39 is 5.60 Å². The van der Waals surface area contributed by atoms with Crippen molar-refractivity contribution in [3.05, 3.63) is 22.3 Å². The van der Waals surface area contributed by atoms with Crippen LogP contribution in [0.4, 0.5) is 0 Å². The molecule has 2 rings (SSSR count). The maximum absolute atomic E-state index is 11.7. The maximum Gasteiger partial charge on any atom is 0.308 e. The van der Waals surface area contributed by atoms with Crippen LogP contribution >= 0.6 is 0 Å². The Morgan fingerprint density at radius 2 is 1.19 bits per heavy atom. The molecule has 302 valence electrons. The normalized spacial score (nSPS) is 17.2. The van der Waals surface area contributed by atoms with Crippen LogP contribution in [-0.2, 0) is 34.9 Å². The van der Waals surface area contributed by atoms with Crippen LogP contribution in [0.2, 0.25) is 0 Å². The molecule has 1 aromatic rings. The van der Waals surface area contributed by atoms with E-state index in [1.54, 1.807) is 0 Å². The van der Waals surface area contributed by atoms with E-state index in [4.69, 9.17) is 33.2 Å². The Bertz CT molecular complexity index is 1140. The number of carbonyl (C=O) groups is 1. The molecule has 0 fully saturated rings. The quantitative estimate of drug-likeness (QED) is 0.0622. The SMILES string of the molecule is Cc1c(C)c2c(c(C)c1OCCOCCOCCOCCOCCC(=O)OC(C)(C)C)CC[C@@](C)(CCC[C@H](C)CCC[C@H](C)CCCC(C)C)O2. The summed E-state index contributed by atoms with van der Waals surface area (Å²) in [6.45, 7) is 28.1. The second-order valence-corrected chi connectivity index (χ2v) is 17.1. The van der Waals surface area contributed by atoms with Gasteiger partial charge in [0.25, 0.3) is 0 Å². The third-order valence-corrected chi connectivity index (χ3v) is 10.3. The molecule has 1 aliphatic heterocycles. The first kappa shape index (κ1) is 46.3. The van der Waals surface area contributed by atoms with Gasteiger partial charge in [-0.1, -0.05) is 72.6 Å². The number of benzene rings is 1. The van der Waals surface area contributed by atoms with E-state index in [2.05, 4.69) is 55.4 Å². The number of esters is 1. The minimum absolute atomic E-state index is 0.107. The summed E-state index contributed by atoms with van der Waals surface area (Å²) < 4.78 is 40.7. The van der Waals surface area contributed by atoms with Gasteiger partial charge in [-0.15, -0.1) is 0 Å². The van der Waals surface area contributed by atoms with Gasteiger partial charge in [-0.05, 0) is 109 Å². The Hall–Kier alpha value is -1.87. The van der Waals surface area contributed by atoms with Gasteiger partial charge in [0.05, 0.1) is 59.3 Å². The lowest BCUT2D eigenvalue weighted by molar-refractivity contribution is -0.156. The number of carbonyl (C=O) groups excluding carboxylic acids is 1. The molecule has 1 aliphatic rings. The van der Waals surface area contributed by atoms with Crippen molar-refractivity contribution in [3.8, 4) is 11.5 Å². The van der Waals surface area contributed by atoms with Crippen molar-refractivity contribution in [2.24, 2.45) is 17.8 Å². The summed E-state index contributed by atoms with van der Waals surface area (Å²) in [4.78, 5) is 11.7. The van der Waals surface area contributed by atoms with Gasteiger partial charge in [-0.3, -0.25) is 4.79 Å². The molecule has 1 heterocycles. The summed E-state index contributed by atoms with van der Waals surface area (Å²) >= 11 is 0. The Kier molecular flexibility index (Phi) is 21.8. The zero-order valence-corrected chi connectivity index (χ0v) is 35.3. The van der Waals surface area contributed by atoms with Crippen molar-refractivity contribution >= 4 is 5.97 Å². The van der Waals surface area contributed by atoms with E-state index in [1.165, 1.54) is 68.1 Å². The average Bonchev–Trinajstić information content (AvgIpc) is 3.05. The Labute approximate surface area is 318 Å². The predicted molar refractivity (Wildman–Crippen MR) is 212 cm³/mol. The Morgan fingerprint density at radius 3 is 1.73 bits per heavy atom. The van der Waals surface area contributed by atoms with E-state index in [9.17, 15) is 4.79 Å². The van der Waals surface area contributed by atoms with Gasteiger partial charge in [0.15, 0.2) is 0 Å². The average molecular weight is 735 g/mol. The molecule has 0 radical (unpaired) electrons. The van der Waals surface area contributed by atoms with Crippen molar-refractivity contribution in [2.75, 3.05) is 59.5 Å². The molecule has 0 aliphatic carbocycles. The fraction of sp³-hybridized carbons (Fsp3) is 0.841. The highest BCUT2D eigenvalue weighted by Gasteiger charge is 2.34. The largest absolute Gasteiger partial charge is 0.491 e. The lowest BCUT2D eigenvalue weighted by Crippen LogP contribution is -2.37. The molecule has 1 aromatic carbocycles. The van der Waals surface area contributed by atoms with Crippen LogP contribution in [0.25, 0.3) is 0 Å². The number of hydrogen-bond acceptors (Lipinski definition) is 8. The van der Waals surface area contributed by atoms with Crippen LogP contribution in [0, 0.1) is 38.5 Å². The van der Waals surface area contributed by atoms with Crippen molar-refractivity contribution in [1.82, 2.24) is 0 Å². The molecule has 3 atom stereocenters. The van der Waals surface area contributed by atoms with Crippen LogP contribution in [0.15, 0.2) is 0 Å². The molecule has 0 unspecified atom stereocenters. The topological polar surface area (TPSA) is 81.7 Å². The van der Waals surface area contributed by atoms with Gasteiger partial charge < -0.3 is 33.2 Å². The fourth-order valence-electron chi connectivity index (χ4n) is 6.99. The van der Waals surface area contributed by atoms with E-state index in [0.29, 0.717) is 59.5 Å². The summed E-state index contributed by atoms with van der Waals surface area (Å²) in [7, 11) is 0. The smallest absolute Gasteiger partial charge is 0.308 e. The van der Waals surface area contributed by atoms with Crippen molar-refractivity contribution in [1.29, 1.82) is 0 Å². The monoisotopic (exact) mass is 735 g/mol. The van der Waals surface area contributed by atoms with E-state index in [0.717, 1.165) is 54.1 Å². The lowest BCUT2D eigenvalue weighted by Gasteiger charge is -2.38. The summed E-state index contributed by atoms with van der Waals surface area (Å²) in [5.41, 5.74) is 4.28. The highest BCUT2D eigenvalue weighted by Crippen LogP contribution is 2.45. The van der Waals surface area contributed by atoms with Crippen molar-refractivity contribution in [2.45, 2.75) is 164 Å². The number of hydrogen-bond donors (Lipinski definition) is 0. The Morgan fingerprint density at radius 1 is 0.692 bits per heavy atom. The van der Waals surface area contributed by atoms with Gasteiger partial charge in [0.2, 0.25) is 0 Å². The zero-order valence-electron chi connectivity index (χ0n) is 35.3. The zero-order chi connectivity index (χ0) is 38.6. The van der Waals surface area contributed by atoms with Crippen molar-refractivity contribution < 1.29 is 38.0 Å². The molecule has 0 N–H and O–H groups in total. The van der Waals surface area contributed by atoms with Crippen molar-refractivity contribution in [3.63, 3.8) is 0 Å². The molecule has 8 heteroatoms. The lowest BCUT2D eigenvalue weighted by atomic mass is 9.83. The van der Waals surface area contributed by atoms with Crippen LogP contribution in [0.1, 0.15) is 148 Å². The predicted octanol–water partition coefficient (Wildman–Crippen LogP) is 10.3. The molecule has 52 heavy (non-hydrogen) atoms. The minimum Gasteiger partial charge on any atom is -0.491 e. The third-order valence-electron chi connectivity index (χ3n) is 10.3. The first-order valence-electron chi connectivity index (χ1n) is 20.6. The highest BCUT2D eigenvalue weighted by molar-refractivity contribution is 5.69. The van der Waals surface area contributed by atoms with Crippen LogP contribution in [0.5, 0.6) is 11.5 Å². The molecular formula is C44H78O8. The van der Waals surface area contributed by atoms with Crippen LogP contribution < -0.4 is 9.47 Å². The maximum atomic E-state index is 11.7. The fourth-order valence-corrected chi connectivity index (χ4v) is 6.99. The molecule has 0 saturated carbocycles. The molecule has 0 aromatic heterocycles. The first-order valence-corrected chi connectivity index (χ1v) is 20.6. The molecule has 0 spiro atoms. The summed E-state index contributed by atoms with van der Waals surface area (Å²) in [5, 5.41) is 0. The van der Waals surface area contributed by atoms with E-state index in [1.807, 2.05) is 20.8 Å². The van der Waals surface area contributed by atoms with Gasteiger partial charge >= 0.3 is 5.97 Å². The first-order chi connectivity index (χ1) is 24.6. The Balaban J connectivity index is 1.59. The van der Waals surface area contributed by atoms with E-state index >= 15 is 0 Å². The molecule has 0 saturated heterocycles. The van der Waals surface area contributed by atoms with Crippen LogP contribution in [0.3, 0.4) is 0 Å². The number of fused-ring (bicyclic) bond motifs is 1. The minimum atomic E-state index is -0.470. The second kappa shape index (κ2) is 24.5. The molecular weight excluding hydrogens is 656 g/mol. The van der Waals surface area contributed by atoms with Gasteiger partial charge in [-0.2, -0.15) is 0 Å². The molecule has 0 amide bonds. The summed E-state index contributed by atoms with van der Waals surface area (Å²) in [6.07, 6.45) is 14.2. The van der Waals surface area contributed by atoms with Crippen LogP contribution in [-0.4, -0.2) is 76.6 Å². The van der Waals surface area contributed by atoms with Gasteiger partial charge in [0, 0.05) is 5.56 Å². The second-order valence-electron chi connectivity index (χ2n) is 17.1. The molecule has 8 nitrogen and oxygen atoms in total. The number of rotatable bonds is 28. The van der Waals surface area contributed by atoms with Gasteiger partial charge in [-0.25, -0.2) is 0 Å². The highest BCUT2D eigenvalue weighted by atomic mass is 16.6. The van der Waals surface area contributed by atoms with Gasteiger partial charge in [0.1, 0.15) is 29.3 Å². The van der Waals surface area contributed by atoms with E-state index in [-0.39, 0.29) is 18.0 Å². The summed E-state index contributed by atoms with van der Waals surface area (Å²) in [6, 6.07) is 0. The molecule has 0 bridgehead atoms. The number of ether oxygens (including phenoxy) is 7. The third kappa shape index (κ3) is 18.9. The summed E-state index contributed by atoms with van der Waals surface area (Å²) in [5.74, 6) is 4.28. The standard InChI is InChI=1S/C44H78O8/c1-33(2)15-12-16-34(3)17-13-18-35(4)19-14-22-44(11)23-20-39-38(7)41(36(5)37(6)42(39)52-44)50-32-31-49-30-29-48-28-27-47-26-25-46-24-21-40(45)51-43(8,9)10/h33-35H,12-32H2,1-11H3/t34-,35-,44-/m1/s1.